The number of nitrogens with zero attached hydrogens (tertiary/aromatic N) is 2. The lowest BCUT2D eigenvalue weighted by Gasteiger charge is -2.09. The standard InChI is InChI=1S/C18H16ClN3O2S/c1-12-2-4-13(5-3-12)10-24-16-7-6-15(19)8-14(16)9-20-22-18-21-17(23)11-25-18/h2-9H,10-11H2,1H3,(H,21,22,23). The van der Waals surface area contributed by atoms with E-state index in [1.165, 1.54) is 17.3 Å². The number of carbonyl (C=O) groups excluding carboxylic acids is 1. The van der Waals surface area contributed by atoms with Crippen molar-refractivity contribution in [2.75, 3.05) is 5.75 Å². The molecule has 0 aliphatic carbocycles. The molecule has 0 spiro atoms. The Morgan fingerprint density at radius 1 is 1.28 bits per heavy atom. The zero-order chi connectivity index (χ0) is 17.6. The van der Waals surface area contributed by atoms with Crippen molar-refractivity contribution in [1.82, 2.24) is 5.32 Å². The second-order valence-electron chi connectivity index (χ2n) is 5.44. The van der Waals surface area contributed by atoms with Gasteiger partial charge in [-0.15, -0.1) is 5.10 Å². The number of hydrogen-bond donors (Lipinski definition) is 1. The molecule has 0 saturated carbocycles. The fourth-order valence-electron chi connectivity index (χ4n) is 2.12. The van der Waals surface area contributed by atoms with Gasteiger partial charge >= 0.3 is 0 Å². The van der Waals surface area contributed by atoms with Gasteiger partial charge in [0.05, 0.1) is 12.0 Å². The highest BCUT2D eigenvalue weighted by Crippen LogP contribution is 2.23. The molecular weight excluding hydrogens is 358 g/mol. The van der Waals surface area contributed by atoms with Gasteiger partial charge < -0.3 is 10.1 Å². The van der Waals surface area contributed by atoms with Crippen molar-refractivity contribution in [3.8, 4) is 5.75 Å². The van der Waals surface area contributed by atoms with Crippen LogP contribution < -0.4 is 10.1 Å². The fraction of sp³-hybridized carbons (Fsp3) is 0.167. The van der Waals surface area contributed by atoms with Crippen molar-refractivity contribution in [1.29, 1.82) is 0 Å². The van der Waals surface area contributed by atoms with E-state index in [0.717, 1.165) is 11.1 Å². The Morgan fingerprint density at radius 3 is 2.80 bits per heavy atom. The number of benzene rings is 2. The van der Waals surface area contributed by atoms with E-state index in [2.05, 4.69) is 15.5 Å². The minimum absolute atomic E-state index is 0.0659. The van der Waals surface area contributed by atoms with E-state index in [0.29, 0.717) is 28.3 Å². The van der Waals surface area contributed by atoms with Crippen molar-refractivity contribution < 1.29 is 9.53 Å². The average molecular weight is 374 g/mol. The number of nitrogens with one attached hydrogen (secondary N) is 1. The van der Waals surface area contributed by atoms with E-state index >= 15 is 0 Å². The van der Waals surface area contributed by atoms with Crippen molar-refractivity contribution in [3.05, 3.63) is 64.2 Å². The minimum atomic E-state index is -0.0659. The quantitative estimate of drug-likeness (QED) is 0.640. The van der Waals surface area contributed by atoms with Crippen molar-refractivity contribution >= 4 is 40.7 Å². The molecule has 128 valence electrons. The molecule has 1 amide bonds. The molecular formula is C18H16ClN3O2S. The fourth-order valence-corrected chi connectivity index (χ4v) is 2.93. The lowest BCUT2D eigenvalue weighted by molar-refractivity contribution is -0.116. The Bertz CT molecular complexity index is 835. The van der Waals surface area contributed by atoms with Crippen LogP contribution in [-0.2, 0) is 11.4 Å². The first-order valence-corrected chi connectivity index (χ1v) is 8.98. The summed E-state index contributed by atoms with van der Waals surface area (Å²) in [5.74, 6) is 0.969. The Hall–Kier alpha value is -2.31. The van der Waals surface area contributed by atoms with Crippen LogP contribution in [0.15, 0.2) is 52.7 Å². The monoisotopic (exact) mass is 373 g/mol. The molecule has 2 aromatic carbocycles. The molecule has 2 aromatic rings. The Morgan fingerprint density at radius 2 is 2.08 bits per heavy atom. The number of ether oxygens (including phenoxy) is 1. The Kier molecular flexibility index (Phi) is 5.73. The molecule has 0 radical (unpaired) electrons. The van der Waals surface area contributed by atoms with Gasteiger partial charge in [-0.25, -0.2) is 0 Å². The molecule has 0 unspecified atom stereocenters. The Labute approximate surface area is 155 Å². The smallest absolute Gasteiger partial charge is 0.236 e. The van der Waals surface area contributed by atoms with Crippen molar-refractivity contribution in [3.63, 3.8) is 0 Å². The first kappa shape index (κ1) is 17.5. The molecule has 1 saturated heterocycles. The molecule has 1 aliphatic heterocycles. The van der Waals surface area contributed by atoms with Crippen LogP contribution in [-0.4, -0.2) is 23.0 Å². The molecule has 1 heterocycles. The lowest BCUT2D eigenvalue weighted by atomic mass is 10.1. The number of rotatable bonds is 5. The SMILES string of the molecule is Cc1ccc(COc2ccc(Cl)cc2C=NN=C2NC(=O)CS2)cc1. The van der Waals surface area contributed by atoms with E-state index in [9.17, 15) is 4.79 Å². The van der Waals surface area contributed by atoms with Crippen molar-refractivity contribution in [2.24, 2.45) is 10.2 Å². The Balaban J connectivity index is 1.71. The zero-order valence-corrected chi connectivity index (χ0v) is 15.1. The van der Waals surface area contributed by atoms with E-state index in [4.69, 9.17) is 16.3 Å². The summed E-state index contributed by atoms with van der Waals surface area (Å²) >= 11 is 7.38. The molecule has 0 bridgehead atoms. The number of amidine groups is 1. The van der Waals surface area contributed by atoms with Crippen LogP contribution in [0, 0.1) is 6.92 Å². The molecule has 0 atom stereocenters. The van der Waals surface area contributed by atoms with Crippen LogP contribution >= 0.6 is 23.4 Å². The summed E-state index contributed by atoms with van der Waals surface area (Å²) in [6.07, 6.45) is 1.56. The second kappa shape index (κ2) is 8.18. The third-order valence-electron chi connectivity index (χ3n) is 3.42. The molecule has 3 rings (SSSR count). The van der Waals surface area contributed by atoms with Gasteiger partial charge in [0.25, 0.3) is 0 Å². The van der Waals surface area contributed by atoms with E-state index < -0.39 is 0 Å². The number of amides is 1. The van der Waals surface area contributed by atoms with E-state index in [1.54, 1.807) is 24.4 Å². The topological polar surface area (TPSA) is 63.1 Å². The van der Waals surface area contributed by atoms with Crippen LogP contribution in [0.2, 0.25) is 5.02 Å². The summed E-state index contributed by atoms with van der Waals surface area (Å²) in [6.45, 7) is 2.49. The molecule has 1 fully saturated rings. The average Bonchev–Trinajstić information content (AvgIpc) is 3.01. The van der Waals surface area contributed by atoms with Gasteiger partial charge in [0.15, 0.2) is 5.17 Å². The molecule has 25 heavy (non-hydrogen) atoms. The predicted molar refractivity (Wildman–Crippen MR) is 103 cm³/mol. The van der Waals surface area contributed by atoms with Crippen molar-refractivity contribution in [2.45, 2.75) is 13.5 Å². The normalized spacial score (nSPS) is 15.8. The molecule has 7 heteroatoms. The summed E-state index contributed by atoms with van der Waals surface area (Å²) in [5, 5.41) is 11.7. The third-order valence-corrected chi connectivity index (χ3v) is 4.52. The number of halogens is 1. The van der Waals surface area contributed by atoms with Gasteiger partial charge in [-0.1, -0.05) is 53.2 Å². The first-order valence-electron chi connectivity index (χ1n) is 7.62. The summed E-state index contributed by atoms with van der Waals surface area (Å²) in [6, 6.07) is 13.5. The van der Waals surface area contributed by atoms with Gasteiger partial charge in [0.1, 0.15) is 12.4 Å². The van der Waals surface area contributed by atoms with Crippen LogP contribution in [0.1, 0.15) is 16.7 Å². The zero-order valence-electron chi connectivity index (χ0n) is 13.5. The van der Waals surface area contributed by atoms with Crippen LogP contribution in [0.4, 0.5) is 0 Å². The highest BCUT2D eigenvalue weighted by Gasteiger charge is 2.16. The second-order valence-corrected chi connectivity index (χ2v) is 6.84. The lowest BCUT2D eigenvalue weighted by Crippen LogP contribution is -2.19. The summed E-state index contributed by atoms with van der Waals surface area (Å²) in [7, 11) is 0. The van der Waals surface area contributed by atoms with Gasteiger partial charge in [-0.2, -0.15) is 5.10 Å². The highest BCUT2D eigenvalue weighted by atomic mass is 35.5. The van der Waals surface area contributed by atoms with E-state index in [-0.39, 0.29) is 5.91 Å². The maximum Gasteiger partial charge on any atom is 0.236 e. The van der Waals surface area contributed by atoms with Gasteiger partial charge in [-0.3, -0.25) is 4.79 Å². The molecule has 5 nitrogen and oxygen atoms in total. The number of hydrogen-bond acceptors (Lipinski definition) is 5. The summed E-state index contributed by atoms with van der Waals surface area (Å²) in [4.78, 5) is 11.1. The molecule has 1 N–H and O–H groups in total. The molecule has 1 aliphatic rings. The number of aryl methyl sites for hydroxylation is 1. The highest BCUT2D eigenvalue weighted by molar-refractivity contribution is 8.15. The molecule has 0 aromatic heterocycles. The summed E-state index contributed by atoms with van der Waals surface area (Å²) < 4.78 is 5.88. The minimum Gasteiger partial charge on any atom is -0.488 e. The van der Waals surface area contributed by atoms with Gasteiger partial charge in [-0.05, 0) is 30.7 Å². The van der Waals surface area contributed by atoms with Gasteiger partial charge in [0.2, 0.25) is 5.91 Å². The maximum atomic E-state index is 11.1. The van der Waals surface area contributed by atoms with Crippen LogP contribution in [0.5, 0.6) is 5.75 Å². The maximum absolute atomic E-state index is 11.1. The summed E-state index contributed by atoms with van der Waals surface area (Å²) in [5.41, 5.74) is 3.01. The van der Waals surface area contributed by atoms with Crippen LogP contribution in [0.3, 0.4) is 0 Å². The van der Waals surface area contributed by atoms with Crippen LogP contribution in [0.25, 0.3) is 0 Å². The number of thioether (sulfide) groups is 1. The number of carbonyl (C=O) groups is 1. The van der Waals surface area contributed by atoms with Gasteiger partial charge in [0, 0.05) is 10.6 Å². The first-order chi connectivity index (χ1) is 12.1. The van der Waals surface area contributed by atoms with E-state index in [1.807, 2.05) is 31.2 Å². The third kappa shape index (κ3) is 5.08. The predicted octanol–water partition coefficient (Wildman–Crippen LogP) is 3.78. The largest absolute Gasteiger partial charge is 0.488 e.